The zero-order chi connectivity index (χ0) is 16.2. The third kappa shape index (κ3) is 5.53. The molecule has 0 saturated heterocycles. The molecule has 7 heteroatoms. The lowest BCUT2D eigenvalue weighted by molar-refractivity contribution is 0.0910. The van der Waals surface area contributed by atoms with Crippen molar-refractivity contribution < 1.29 is 13.5 Å². The number of halogens is 1. The molecule has 0 aliphatic rings. The smallest absolute Gasteiger partial charge is 0.250 e. The molecule has 2 N–H and O–H groups in total. The maximum Gasteiger partial charge on any atom is 0.250 e. The summed E-state index contributed by atoms with van der Waals surface area (Å²) in [5.41, 5.74) is 0. The van der Waals surface area contributed by atoms with Crippen LogP contribution in [0.25, 0.3) is 0 Å². The van der Waals surface area contributed by atoms with Gasteiger partial charge >= 0.3 is 0 Å². The lowest BCUT2D eigenvalue weighted by atomic mass is 9.91. The highest BCUT2D eigenvalue weighted by atomic mass is 35.5. The van der Waals surface area contributed by atoms with E-state index in [1.54, 1.807) is 6.07 Å². The lowest BCUT2D eigenvalue weighted by Crippen LogP contribution is -2.47. The zero-order valence-electron chi connectivity index (χ0n) is 12.8. The highest BCUT2D eigenvalue weighted by molar-refractivity contribution is 7.91. The van der Waals surface area contributed by atoms with Crippen molar-refractivity contribution >= 4 is 33.0 Å². The predicted molar refractivity (Wildman–Crippen MR) is 88.4 cm³/mol. The first-order valence-electron chi connectivity index (χ1n) is 7.13. The fourth-order valence-electron chi connectivity index (χ4n) is 2.14. The van der Waals surface area contributed by atoms with E-state index in [1.165, 1.54) is 6.07 Å². The second-order valence-corrected chi connectivity index (χ2v) is 9.44. The minimum Gasteiger partial charge on any atom is -0.391 e. The summed E-state index contributed by atoms with van der Waals surface area (Å²) in [5.74, 6) is 0.344. The van der Waals surface area contributed by atoms with Gasteiger partial charge in [0.1, 0.15) is 4.21 Å². The van der Waals surface area contributed by atoms with Crippen LogP contribution in [0, 0.1) is 11.8 Å². The summed E-state index contributed by atoms with van der Waals surface area (Å²) in [5, 5.41) is 10.3. The van der Waals surface area contributed by atoms with Crippen LogP contribution in [0.1, 0.15) is 40.5 Å². The van der Waals surface area contributed by atoms with E-state index in [9.17, 15) is 13.5 Å². The Kier molecular flexibility index (Phi) is 7.13. The number of rotatable bonds is 8. The molecule has 0 radical (unpaired) electrons. The Hall–Kier alpha value is -0.140. The molecule has 0 spiro atoms. The highest BCUT2D eigenvalue weighted by Crippen LogP contribution is 2.27. The average molecular weight is 354 g/mol. The SMILES string of the molecule is CC[C@H](C)[C@H](NS(=O)(=O)c1ccc(Cl)s1)C(O)CC(C)C. The summed E-state index contributed by atoms with van der Waals surface area (Å²) in [6, 6.07) is 2.55. The number of aliphatic hydroxyl groups is 1. The summed E-state index contributed by atoms with van der Waals surface area (Å²) >= 11 is 6.82. The van der Waals surface area contributed by atoms with E-state index in [0.29, 0.717) is 16.7 Å². The van der Waals surface area contributed by atoms with Crippen LogP contribution < -0.4 is 4.72 Å². The van der Waals surface area contributed by atoms with Gasteiger partial charge in [0.25, 0.3) is 0 Å². The first-order chi connectivity index (χ1) is 9.67. The number of nitrogens with one attached hydrogen (secondary N) is 1. The van der Waals surface area contributed by atoms with Crippen LogP contribution in [0.5, 0.6) is 0 Å². The van der Waals surface area contributed by atoms with E-state index >= 15 is 0 Å². The van der Waals surface area contributed by atoms with Crippen LogP contribution in [0.4, 0.5) is 0 Å². The molecule has 0 amide bonds. The van der Waals surface area contributed by atoms with Crippen LogP contribution in [-0.2, 0) is 10.0 Å². The van der Waals surface area contributed by atoms with Gasteiger partial charge in [-0.05, 0) is 30.4 Å². The molecule has 0 bridgehead atoms. The monoisotopic (exact) mass is 353 g/mol. The van der Waals surface area contributed by atoms with Gasteiger partial charge in [0, 0.05) is 0 Å². The third-order valence-corrected chi connectivity index (χ3v) is 6.67. The average Bonchev–Trinajstić information content (AvgIpc) is 2.81. The minimum absolute atomic E-state index is 0.0453. The van der Waals surface area contributed by atoms with Gasteiger partial charge in [-0.15, -0.1) is 11.3 Å². The van der Waals surface area contributed by atoms with Gasteiger partial charge in [-0.3, -0.25) is 0 Å². The molecule has 0 saturated carbocycles. The zero-order valence-corrected chi connectivity index (χ0v) is 15.2. The Morgan fingerprint density at radius 2 is 1.95 bits per heavy atom. The Labute approximate surface area is 136 Å². The highest BCUT2D eigenvalue weighted by Gasteiger charge is 2.30. The molecule has 0 aromatic carbocycles. The molecule has 1 rings (SSSR count). The topological polar surface area (TPSA) is 66.4 Å². The van der Waals surface area contributed by atoms with Crippen molar-refractivity contribution in [1.82, 2.24) is 4.72 Å². The molecule has 0 fully saturated rings. The van der Waals surface area contributed by atoms with E-state index in [2.05, 4.69) is 4.72 Å². The second-order valence-electron chi connectivity index (χ2n) is 5.79. The Morgan fingerprint density at radius 3 is 2.38 bits per heavy atom. The summed E-state index contributed by atoms with van der Waals surface area (Å²) in [6.07, 6.45) is 0.640. The largest absolute Gasteiger partial charge is 0.391 e. The molecule has 1 aromatic rings. The van der Waals surface area contributed by atoms with Crippen LogP contribution in [-0.4, -0.2) is 25.7 Å². The molecule has 122 valence electrons. The van der Waals surface area contributed by atoms with Gasteiger partial charge < -0.3 is 5.11 Å². The molecule has 0 aliphatic carbocycles. The summed E-state index contributed by atoms with van der Waals surface area (Å²) in [4.78, 5) is 0. The van der Waals surface area contributed by atoms with Crippen molar-refractivity contribution in [3.05, 3.63) is 16.5 Å². The first-order valence-corrected chi connectivity index (χ1v) is 9.80. The van der Waals surface area contributed by atoms with Gasteiger partial charge in [-0.25, -0.2) is 13.1 Å². The minimum atomic E-state index is -3.65. The molecule has 3 atom stereocenters. The summed E-state index contributed by atoms with van der Waals surface area (Å²) in [7, 11) is -3.65. The molecular weight excluding hydrogens is 330 g/mol. The molecule has 1 unspecified atom stereocenters. The molecule has 1 heterocycles. The first kappa shape index (κ1) is 18.9. The van der Waals surface area contributed by atoms with Crippen molar-refractivity contribution in [1.29, 1.82) is 0 Å². The Morgan fingerprint density at radius 1 is 1.33 bits per heavy atom. The van der Waals surface area contributed by atoms with Crippen molar-refractivity contribution in [2.24, 2.45) is 11.8 Å². The predicted octanol–water partition coefficient (Wildman–Crippen LogP) is 3.50. The number of hydrogen-bond donors (Lipinski definition) is 2. The fraction of sp³-hybridized carbons (Fsp3) is 0.714. The fourth-order valence-corrected chi connectivity index (χ4v) is 5.01. The van der Waals surface area contributed by atoms with Gasteiger partial charge in [0.05, 0.1) is 16.5 Å². The van der Waals surface area contributed by atoms with Crippen molar-refractivity contribution in [3.63, 3.8) is 0 Å². The number of sulfonamides is 1. The van der Waals surface area contributed by atoms with Gasteiger partial charge in [-0.2, -0.15) is 0 Å². The number of hydrogen-bond acceptors (Lipinski definition) is 4. The molecule has 1 aromatic heterocycles. The van der Waals surface area contributed by atoms with E-state index < -0.39 is 22.2 Å². The molecular formula is C14H24ClNO3S2. The van der Waals surface area contributed by atoms with Crippen LogP contribution in [0.15, 0.2) is 16.3 Å². The molecule has 0 aliphatic heterocycles. The van der Waals surface area contributed by atoms with E-state index in [4.69, 9.17) is 11.6 Å². The molecule has 21 heavy (non-hydrogen) atoms. The molecule has 4 nitrogen and oxygen atoms in total. The van der Waals surface area contributed by atoms with Gasteiger partial charge in [0.15, 0.2) is 0 Å². The van der Waals surface area contributed by atoms with Crippen molar-refractivity contribution in [2.75, 3.05) is 0 Å². The van der Waals surface area contributed by atoms with Crippen molar-refractivity contribution in [3.8, 4) is 0 Å². The van der Waals surface area contributed by atoms with Gasteiger partial charge in [0.2, 0.25) is 10.0 Å². The van der Waals surface area contributed by atoms with E-state index in [0.717, 1.165) is 17.8 Å². The van der Waals surface area contributed by atoms with Crippen LogP contribution in [0.3, 0.4) is 0 Å². The summed E-state index contributed by atoms with van der Waals surface area (Å²) in [6.45, 7) is 7.93. The maximum atomic E-state index is 12.4. The van der Waals surface area contributed by atoms with Gasteiger partial charge in [-0.1, -0.05) is 45.7 Å². The van der Waals surface area contributed by atoms with Crippen LogP contribution >= 0.6 is 22.9 Å². The number of aliphatic hydroxyl groups excluding tert-OH is 1. The van der Waals surface area contributed by atoms with E-state index in [1.807, 2.05) is 27.7 Å². The standard InChI is InChI=1S/C14H24ClNO3S2/c1-5-10(4)14(11(17)8-9(2)3)16-21(18,19)13-7-6-12(15)20-13/h6-7,9-11,14,16-17H,5,8H2,1-4H3/t10-,11?,14-/m0/s1. The van der Waals surface area contributed by atoms with E-state index in [-0.39, 0.29) is 10.1 Å². The quantitative estimate of drug-likeness (QED) is 0.751. The Balaban J connectivity index is 2.95. The lowest BCUT2D eigenvalue weighted by Gasteiger charge is -2.29. The third-order valence-electron chi connectivity index (χ3n) is 3.49. The van der Waals surface area contributed by atoms with Crippen molar-refractivity contribution in [2.45, 2.75) is 56.9 Å². The normalized spacial score (nSPS) is 16.9. The Bertz CT molecular complexity index is 542. The summed E-state index contributed by atoms with van der Waals surface area (Å²) < 4.78 is 28.1. The second kappa shape index (κ2) is 7.92. The van der Waals surface area contributed by atoms with Crippen LogP contribution in [0.2, 0.25) is 4.34 Å². The maximum absolute atomic E-state index is 12.4. The number of thiophene rings is 1.